The SMILES string of the molecule is CCCCCN(C)c1ccc(Nc2nc(-c3ccc(C)nc3)cs2)cc1C(F)(F)F. The van der Waals surface area contributed by atoms with Gasteiger partial charge in [0.2, 0.25) is 0 Å². The summed E-state index contributed by atoms with van der Waals surface area (Å²) in [6.45, 7) is 4.56. The molecule has 0 saturated heterocycles. The van der Waals surface area contributed by atoms with Crippen LogP contribution < -0.4 is 10.2 Å². The third kappa shape index (κ3) is 5.50. The second kappa shape index (κ2) is 9.47. The van der Waals surface area contributed by atoms with Gasteiger partial charge in [-0.15, -0.1) is 11.3 Å². The highest BCUT2D eigenvalue weighted by atomic mass is 32.1. The van der Waals surface area contributed by atoms with E-state index in [2.05, 4.69) is 22.2 Å². The van der Waals surface area contributed by atoms with Crippen molar-refractivity contribution < 1.29 is 13.2 Å². The number of aryl methyl sites for hydroxylation is 1. The van der Waals surface area contributed by atoms with Gasteiger partial charge in [-0.2, -0.15) is 13.2 Å². The Morgan fingerprint density at radius 3 is 2.60 bits per heavy atom. The quantitative estimate of drug-likeness (QED) is 0.392. The molecule has 0 radical (unpaired) electrons. The predicted octanol–water partition coefficient (Wildman–Crippen LogP) is 6.90. The maximum atomic E-state index is 13.7. The number of unbranched alkanes of at least 4 members (excludes halogenated alkanes) is 2. The molecule has 0 amide bonds. The third-order valence-corrected chi connectivity index (χ3v) is 5.53. The topological polar surface area (TPSA) is 41.0 Å². The van der Waals surface area contributed by atoms with Gasteiger partial charge in [0.05, 0.1) is 11.3 Å². The standard InChI is InChI=1S/C22H25F3N4S/c1-4-5-6-11-29(3)20-10-9-17(12-18(20)22(23,24)25)27-21-28-19(14-30-21)16-8-7-15(2)26-13-16/h7-10,12-14H,4-6,11H2,1-3H3,(H,27,28). The van der Waals surface area contributed by atoms with Crippen LogP contribution in [0.1, 0.15) is 37.4 Å². The lowest BCUT2D eigenvalue weighted by molar-refractivity contribution is -0.137. The number of pyridine rings is 1. The summed E-state index contributed by atoms with van der Waals surface area (Å²) < 4.78 is 41.1. The van der Waals surface area contributed by atoms with Gasteiger partial charge < -0.3 is 10.2 Å². The lowest BCUT2D eigenvalue weighted by Crippen LogP contribution is -2.22. The predicted molar refractivity (Wildman–Crippen MR) is 118 cm³/mol. The van der Waals surface area contributed by atoms with E-state index in [4.69, 9.17) is 0 Å². The van der Waals surface area contributed by atoms with Crippen LogP contribution in [0.5, 0.6) is 0 Å². The van der Waals surface area contributed by atoms with E-state index in [-0.39, 0.29) is 5.69 Å². The van der Waals surface area contributed by atoms with Gasteiger partial charge in [-0.3, -0.25) is 4.98 Å². The van der Waals surface area contributed by atoms with Crippen molar-refractivity contribution in [3.05, 3.63) is 53.2 Å². The zero-order valence-corrected chi connectivity index (χ0v) is 18.1. The molecule has 8 heteroatoms. The maximum Gasteiger partial charge on any atom is 0.418 e. The number of rotatable bonds is 8. The molecule has 1 N–H and O–H groups in total. The van der Waals surface area contributed by atoms with Crippen LogP contribution in [-0.4, -0.2) is 23.6 Å². The second-order valence-electron chi connectivity index (χ2n) is 7.21. The van der Waals surface area contributed by atoms with Crippen LogP contribution in [0.4, 0.5) is 29.7 Å². The molecule has 3 rings (SSSR count). The molecule has 160 valence electrons. The fourth-order valence-corrected chi connectivity index (χ4v) is 3.84. The van der Waals surface area contributed by atoms with Crippen LogP contribution in [0.3, 0.4) is 0 Å². The van der Waals surface area contributed by atoms with Crippen LogP contribution in [0, 0.1) is 6.92 Å². The van der Waals surface area contributed by atoms with Crippen LogP contribution >= 0.6 is 11.3 Å². The summed E-state index contributed by atoms with van der Waals surface area (Å²) in [5.74, 6) is 0. The molecule has 0 unspecified atom stereocenters. The summed E-state index contributed by atoms with van der Waals surface area (Å²) in [6, 6.07) is 8.16. The first kappa shape index (κ1) is 22.1. The molecule has 30 heavy (non-hydrogen) atoms. The minimum absolute atomic E-state index is 0.190. The van der Waals surface area contributed by atoms with Gasteiger partial charge in [0.15, 0.2) is 5.13 Å². The molecular weight excluding hydrogens is 409 g/mol. The number of thiazole rings is 1. The lowest BCUT2D eigenvalue weighted by Gasteiger charge is -2.24. The van der Waals surface area contributed by atoms with Gasteiger partial charge in [0.1, 0.15) is 0 Å². The Bertz CT molecular complexity index is 967. The molecule has 0 aliphatic rings. The smallest absolute Gasteiger partial charge is 0.374 e. The second-order valence-corrected chi connectivity index (χ2v) is 8.07. The van der Waals surface area contributed by atoms with E-state index in [9.17, 15) is 13.2 Å². The Kier molecular flexibility index (Phi) is 6.97. The number of alkyl halides is 3. The molecule has 0 saturated carbocycles. The van der Waals surface area contributed by atoms with Crippen LogP contribution in [0.2, 0.25) is 0 Å². The molecule has 2 heterocycles. The zero-order valence-electron chi connectivity index (χ0n) is 17.3. The van der Waals surface area contributed by atoms with Crippen molar-refractivity contribution >= 4 is 27.8 Å². The van der Waals surface area contributed by atoms with Crippen LogP contribution in [0.15, 0.2) is 41.9 Å². The summed E-state index contributed by atoms with van der Waals surface area (Å²) in [5, 5.41) is 5.39. The van der Waals surface area contributed by atoms with Crippen molar-refractivity contribution in [1.29, 1.82) is 0 Å². The van der Waals surface area contributed by atoms with E-state index in [1.807, 2.05) is 24.4 Å². The number of aromatic nitrogens is 2. The van der Waals surface area contributed by atoms with Crippen molar-refractivity contribution in [2.75, 3.05) is 23.8 Å². The number of nitrogens with zero attached hydrogens (tertiary/aromatic N) is 3. The van der Waals surface area contributed by atoms with E-state index in [1.165, 1.54) is 17.4 Å². The first-order chi connectivity index (χ1) is 14.3. The summed E-state index contributed by atoms with van der Waals surface area (Å²) >= 11 is 1.34. The van der Waals surface area contributed by atoms with E-state index < -0.39 is 11.7 Å². The molecular formula is C22H25F3N4S. The average molecular weight is 435 g/mol. The van der Waals surface area contributed by atoms with E-state index >= 15 is 0 Å². The van der Waals surface area contributed by atoms with Crippen LogP contribution in [0.25, 0.3) is 11.3 Å². The molecule has 4 nitrogen and oxygen atoms in total. The first-order valence-corrected chi connectivity index (χ1v) is 10.7. The molecule has 1 aromatic carbocycles. The van der Waals surface area contributed by atoms with E-state index in [0.717, 1.165) is 42.3 Å². The van der Waals surface area contributed by atoms with Crippen molar-refractivity contribution in [1.82, 2.24) is 9.97 Å². The lowest BCUT2D eigenvalue weighted by atomic mass is 10.1. The van der Waals surface area contributed by atoms with Gasteiger partial charge in [0.25, 0.3) is 0 Å². The molecule has 0 fully saturated rings. The van der Waals surface area contributed by atoms with Crippen LogP contribution in [-0.2, 0) is 6.18 Å². The minimum atomic E-state index is -4.44. The highest BCUT2D eigenvalue weighted by Gasteiger charge is 2.34. The van der Waals surface area contributed by atoms with Crippen molar-refractivity contribution in [2.24, 2.45) is 0 Å². The Labute approximate surface area is 178 Å². The van der Waals surface area contributed by atoms with Gasteiger partial charge in [-0.25, -0.2) is 4.98 Å². The average Bonchev–Trinajstić information content (AvgIpc) is 3.16. The van der Waals surface area contributed by atoms with Gasteiger partial charge in [-0.1, -0.05) is 19.8 Å². The molecule has 3 aromatic rings. The fourth-order valence-electron chi connectivity index (χ4n) is 3.10. The molecule has 0 aliphatic heterocycles. The monoisotopic (exact) mass is 434 g/mol. The van der Waals surface area contributed by atoms with Gasteiger partial charge >= 0.3 is 6.18 Å². The highest BCUT2D eigenvalue weighted by molar-refractivity contribution is 7.14. The minimum Gasteiger partial charge on any atom is -0.374 e. The van der Waals surface area contributed by atoms with Crippen molar-refractivity contribution in [3.63, 3.8) is 0 Å². The fraction of sp³-hybridized carbons (Fsp3) is 0.364. The largest absolute Gasteiger partial charge is 0.418 e. The summed E-state index contributed by atoms with van der Waals surface area (Å²) in [7, 11) is 1.70. The maximum absolute atomic E-state index is 13.7. The summed E-state index contributed by atoms with van der Waals surface area (Å²) in [6.07, 6.45) is 0.179. The number of hydrogen-bond acceptors (Lipinski definition) is 5. The Hall–Kier alpha value is -2.61. The summed E-state index contributed by atoms with van der Waals surface area (Å²) in [5.41, 5.74) is 2.41. The van der Waals surface area contributed by atoms with Crippen molar-refractivity contribution in [3.8, 4) is 11.3 Å². The molecule has 0 aliphatic carbocycles. The molecule has 0 bridgehead atoms. The van der Waals surface area contributed by atoms with Gasteiger partial charge in [-0.05, 0) is 43.7 Å². The summed E-state index contributed by atoms with van der Waals surface area (Å²) in [4.78, 5) is 10.4. The van der Waals surface area contributed by atoms with Gasteiger partial charge in [0, 0.05) is 47.8 Å². The molecule has 2 aromatic heterocycles. The van der Waals surface area contributed by atoms with E-state index in [1.54, 1.807) is 24.2 Å². The van der Waals surface area contributed by atoms with Crippen molar-refractivity contribution in [2.45, 2.75) is 39.3 Å². The Morgan fingerprint density at radius 2 is 1.93 bits per heavy atom. The molecule has 0 spiro atoms. The number of nitrogens with one attached hydrogen (secondary N) is 1. The third-order valence-electron chi connectivity index (χ3n) is 4.77. The Morgan fingerprint density at radius 1 is 1.13 bits per heavy atom. The zero-order chi connectivity index (χ0) is 21.7. The van der Waals surface area contributed by atoms with E-state index in [0.29, 0.717) is 17.4 Å². The molecule has 0 atom stereocenters. The number of halogens is 3. The first-order valence-electron chi connectivity index (χ1n) is 9.86. The number of hydrogen-bond donors (Lipinski definition) is 1. The Balaban J connectivity index is 1.80. The highest BCUT2D eigenvalue weighted by Crippen LogP contribution is 2.39. The number of benzene rings is 1. The normalized spacial score (nSPS) is 11.5. The number of anilines is 3.